The molecule has 0 radical (unpaired) electrons. The van der Waals surface area contributed by atoms with Gasteiger partial charge in [0.1, 0.15) is 22.5 Å². The first-order valence-electron chi connectivity index (χ1n) is 12.8. The van der Waals surface area contributed by atoms with E-state index in [0.29, 0.717) is 28.0 Å². The number of carboxylic acids is 1. The monoisotopic (exact) mass is 565 g/mol. The normalized spacial score (nSPS) is 17.4. The number of H-pyrrole nitrogens is 1. The standard InChI is InChI=1S/C28H26F3N7O3/c1-32-18-8-17(29)22(30)20-21-24(37-7-6-28(31,13-37)12-36(2)3)15(9-34-25(21)35-23(18)20)14-4-5-19-33-10-16(27(40)41)26(39)38(19)11-14/h4-5,8-11,32H,6-7,12-13H2,1-3H3,(H,34,35)(H,40,41). The second kappa shape index (κ2) is 9.47. The lowest BCUT2D eigenvalue weighted by Crippen LogP contribution is -2.38. The van der Waals surface area contributed by atoms with Gasteiger partial charge in [-0.05, 0) is 26.2 Å². The molecule has 1 aliphatic rings. The molecule has 1 saturated heterocycles. The number of aromatic nitrogens is 4. The molecule has 1 aliphatic heterocycles. The Morgan fingerprint density at radius 1 is 1.22 bits per heavy atom. The highest BCUT2D eigenvalue weighted by atomic mass is 19.2. The van der Waals surface area contributed by atoms with E-state index < -0.39 is 34.4 Å². The van der Waals surface area contributed by atoms with Crippen LogP contribution >= 0.6 is 0 Å². The summed E-state index contributed by atoms with van der Waals surface area (Å²) in [6.07, 6.45) is 4.15. The third kappa shape index (κ3) is 4.24. The molecule has 0 bridgehead atoms. The summed E-state index contributed by atoms with van der Waals surface area (Å²) in [6.45, 7) is 0.443. The van der Waals surface area contributed by atoms with Crippen LogP contribution in [0.25, 0.3) is 38.7 Å². The van der Waals surface area contributed by atoms with E-state index in [9.17, 15) is 19.1 Å². The van der Waals surface area contributed by atoms with Crippen molar-refractivity contribution in [3.63, 3.8) is 0 Å². The van der Waals surface area contributed by atoms with Crippen LogP contribution in [0.15, 0.2) is 41.6 Å². The molecule has 0 aliphatic carbocycles. The molecule has 6 rings (SSSR count). The highest BCUT2D eigenvalue weighted by molar-refractivity contribution is 6.18. The minimum Gasteiger partial charge on any atom is -0.477 e. The first-order chi connectivity index (χ1) is 19.5. The van der Waals surface area contributed by atoms with Crippen molar-refractivity contribution in [1.82, 2.24) is 24.3 Å². The fourth-order valence-corrected chi connectivity index (χ4v) is 5.78. The molecule has 0 saturated carbocycles. The van der Waals surface area contributed by atoms with Gasteiger partial charge in [0.05, 0.1) is 34.2 Å². The molecule has 0 amide bonds. The molecule has 3 N–H and O–H groups in total. The molecule has 1 atom stereocenters. The fraction of sp³-hybridized carbons (Fsp3) is 0.286. The Morgan fingerprint density at radius 2 is 2.00 bits per heavy atom. The number of nitrogens with zero attached hydrogens (tertiary/aromatic N) is 5. The number of hydrogen-bond acceptors (Lipinski definition) is 7. The zero-order valence-corrected chi connectivity index (χ0v) is 22.4. The lowest BCUT2D eigenvalue weighted by molar-refractivity contribution is 0.0694. The van der Waals surface area contributed by atoms with Crippen molar-refractivity contribution in [3.05, 3.63) is 64.3 Å². The number of aromatic carboxylic acids is 1. The van der Waals surface area contributed by atoms with Gasteiger partial charge in [-0.1, -0.05) is 0 Å². The van der Waals surface area contributed by atoms with Gasteiger partial charge in [0.25, 0.3) is 5.56 Å². The minimum absolute atomic E-state index is 0.0158. The number of benzene rings is 1. The smallest absolute Gasteiger partial charge is 0.342 e. The number of alkyl halides is 1. The maximum absolute atomic E-state index is 16.0. The first kappa shape index (κ1) is 26.6. The van der Waals surface area contributed by atoms with E-state index in [-0.39, 0.29) is 48.1 Å². The maximum Gasteiger partial charge on any atom is 0.342 e. The second-order valence-electron chi connectivity index (χ2n) is 10.6. The maximum atomic E-state index is 16.0. The van der Waals surface area contributed by atoms with Gasteiger partial charge in [-0.2, -0.15) is 0 Å². The molecule has 1 aromatic carbocycles. The van der Waals surface area contributed by atoms with Gasteiger partial charge in [0.15, 0.2) is 11.6 Å². The summed E-state index contributed by atoms with van der Waals surface area (Å²) in [5, 5.41) is 12.5. The highest BCUT2D eigenvalue weighted by Gasteiger charge is 2.40. The minimum atomic E-state index is -1.57. The fourth-order valence-electron chi connectivity index (χ4n) is 5.78. The van der Waals surface area contributed by atoms with Crippen molar-refractivity contribution < 1.29 is 23.1 Å². The van der Waals surface area contributed by atoms with Crippen molar-refractivity contribution in [3.8, 4) is 11.1 Å². The van der Waals surface area contributed by atoms with Gasteiger partial charge in [0.2, 0.25) is 0 Å². The third-order valence-electron chi connectivity index (χ3n) is 7.50. The molecule has 5 heterocycles. The molecule has 41 heavy (non-hydrogen) atoms. The van der Waals surface area contributed by atoms with Crippen LogP contribution < -0.4 is 15.8 Å². The number of nitrogens with one attached hydrogen (secondary N) is 2. The van der Waals surface area contributed by atoms with Crippen molar-refractivity contribution in [2.45, 2.75) is 12.1 Å². The van der Waals surface area contributed by atoms with Gasteiger partial charge in [-0.15, -0.1) is 0 Å². The topological polar surface area (TPSA) is 119 Å². The molecular formula is C28H26F3N7O3. The van der Waals surface area contributed by atoms with Crippen molar-refractivity contribution in [2.24, 2.45) is 0 Å². The first-order valence-corrected chi connectivity index (χ1v) is 12.8. The Morgan fingerprint density at radius 3 is 2.71 bits per heavy atom. The van der Waals surface area contributed by atoms with Crippen LogP contribution in [0.4, 0.5) is 24.5 Å². The van der Waals surface area contributed by atoms with Gasteiger partial charge >= 0.3 is 5.97 Å². The number of pyridine rings is 2. The van der Waals surface area contributed by atoms with Crippen LogP contribution in [0.3, 0.4) is 0 Å². The van der Waals surface area contributed by atoms with Crippen LogP contribution in [0.2, 0.25) is 0 Å². The van der Waals surface area contributed by atoms with Gasteiger partial charge in [0, 0.05) is 62.3 Å². The number of fused-ring (bicyclic) bond motifs is 4. The number of halogens is 3. The van der Waals surface area contributed by atoms with Crippen molar-refractivity contribution in [2.75, 3.05) is 51.0 Å². The predicted octanol–water partition coefficient (Wildman–Crippen LogP) is 3.89. The van der Waals surface area contributed by atoms with E-state index in [4.69, 9.17) is 0 Å². The van der Waals surface area contributed by atoms with Crippen LogP contribution in [0.5, 0.6) is 0 Å². The summed E-state index contributed by atoms with van der Waals surface area (Å²) in [4.78, 5) is 39.7. The Hall–Kier alpha value is -4.65. The molecule has 0 spiro atoms. The average molecular weight is 566 g/mol. The molecule has 5 aromatic rings. The Kier molecular flexibility index (Phi) is 6.14. The number of hydrogen-bond donors (Lipinski definition) is 3. The number of rotatable bonds is 6. The third-order valence-corrected chi connectivity index (χ3v) is 7.50. The Bertz CT molecular complexity index is 1940. The van der Waals surface area contributed by atoms with E-state index in [0.717, 1.165) is 16.7 Å². The molecular weight excluding hydrogens is 539 g/mol. The molecule has 10 nitrogen and oxygen atoms in total. The number of anilines is 2. The van der Waals surface area contributed by atoms with E-state index in [2.05, 4.69) is 20.3 Å². The van der Waals surface area contributed by atoms with Crippen LogP contribution in [-0.2, 0) is 0 Å². The number of aromatic amines is 1. The van der Waals surface area contributed by atoms with Crippen molar-refractivity contribution in [1.29, 1.82) is 0 Å². The largest absolute Gasteiger partial charge is 0.477 e. The SMILES string of the molecule is CNc1cc(F)c(F)c2c1[nH]c1ncc(-c3ccc4ncc(C(=O)O)c(=O)n4c3)c(N3CCC(F)(CN(C)C)C3)c12. The van der Waals surface area contributed by atoms with E-state index in [1.165, 1.54) is 12.4 Å². The lowest BCUT2D eigenvalue weighted by Gasteiger charge is -2.27. The second-order valence-corrected chi connectivity index (χ2v) is 10.6. The van der Waals surface area contributed by atoms with Gasteiger partial charge < -0.3 is 25.2 Å². The molecule has 4 aromatic heterocycles. The van der Waals surface area contributed by atoms with Crippen LogP contribution in [-0.4, -0.2) is 81.8 Å². The number of carbonyl (C=O) groups is 1. The summed E-state index contributed by atoms with van der Waals surface area (Å²) in [5.41, 5.74) is -0.469. The van der Waals surface area contributed by atoms with Crippen LogP contribution in [0, 0.1) is 11.6 Å². The van der Waals surface area contributed by atoms with Gasteiger partial charge in [-0.25, -0.2) is 27.9 Å². The number of carboxylic acid groups (broad SMARTS) is 1. The van der Waals surface area contributed by atoms with E-state index >= 15 is 8.78 Å². The summed E-state index contributed by atoms with van der Waals surface area (Å²) < 4.78 is 47.4. The van der Waals surface area contributed by atoms with Gasteiger partial charge in [-0.3, -0.25) is 9.20 Å². The Labute approximate surface area is 231 Å². The molecule has 13 heteroatoms. The van der Waals surface area contributed by atoms with Crippen LogP contribution in [0.1, 0.15) is 16.8 Å². The van der Waals surface area contributed by atoms with E-state index in [1.807, 2.05) is 0 Å². The van der Waals surface area contributed by atoms with E-state index in [1.54, 1.807) is 43.1 Å². The van der Waals surface area contributed by atoms with Crippen molar-refractivity contribution >= 4 is 44.9 Å². The quantitative estimate of drug-likeness (QED) is 0.284. The zero-order valence-electron chi connectivity index (χ0n) is 22.4. The lowest BCUT2D eigenvalue weighted by atomic mass is 10.0. The highest BCUT2D eigenvalue weighted by Crippen LogP contribution is 2.45. The summed E-state index contributed by atoms with van der Waals surface area (Å²) in [5.74, 6) is -3.55. The summed E-state index contributed by atoms with van der Waals surface area (Å²) in [7, 11) is 5.15. The average Bonchev–Trinajstić information content (AvgIpc) is 3.50. The molecule has 1 fully saturated rings. The molecule has 1 unspecified atom stereocenters. The summed E-state index contributed by atoms with van der Waals surface area (Å²) >= 11 is 0. The molecule has 212 valence electrons. The summed E-state index contributed by atoms with van der Waals surface area (Å²) in [6, 6.07) is 4.26. The predicted molar refractivity (Wildman–Crippen MR) is 150 cm³/mol. The zero-order chi connectivity index (χ0) is 29.2. The Balaban J connectivity index is 1.67.